The van der Waals surface area contributed by atoms with Gasteiger partial charge < -0.3 is 30.0 Å². The lowest BCUT2D eigenvalue weighted by Crippen LogP contribution is -2.45. The second-order valence-corrected chi connectivity index (χ2v) is 8.22. The molecule has 2 amide bonds. The fourth-order valence-electron chi connectivity index (χ4n) is 3.72. The number of aliphatic hydroxyl groups is 1. The Hall–Kier alpha value is -4.65. The van der Waals surface area contributed by atoms with E-state index in [1.807, 2.05) is 0 Å². The highest BCUT2D eigenvalue weighted by Crippen LogP contribution is 2.34. The Labute approximate surface area is 218 Å². The number of carbonyl (C=O) groups excluding carboxylic acids is 2. The van der Waals surface area contributed by atoms with Gasteiger partial charge in [0.25, 0.3) is 5.69 Å². The van der Waals surface area contributed by atoms with Crippen LogP contribution in [0.4, 0.5) is 10.5 Å². The predicted molar refractivity (Wildman–Crippen MR) is 137 cm³/mol. The van der Waals surface area contributed by atoms with E-state index < -0.39 is 29.2 Å². The summed E-state index contributed by atoms with van der Waals surface area (Å²) in [7, 11) is 1.26. The molecule has 0 fully saturated rings. The maximum atomic E-state index is 12.4. The maximum absolute atomic E-state index is 12.4. The van der Waals surface area contributed by atoms with Crippen LogP contribution in [0, 0.1) is 17.0 Å². The number of benzene rings is 2. The van der Waals surface area contributed by atoms with Crippen molar-refractivity contribution in [3.05, 3.63) is 74.5 Å². The van der Waals surface area contributed by atoms with E-state index in [0.717, 1.165) is 0 Å². The number of aryl methyl sites for hydroxylation is 1. The lowest BCUT2D eigenvalue weighted by Gasteiger charge is -2.28. The second kappa shape index (κ2) is 12.5. The number of aliphatic hydroxyl groups excluding tert-OH is 1. The van der Waals surface area contributed by atoms with Crippen LogP contribution in [0.2, 0.25) is 0 Å². The first kappa shape index (κ1) is 27.9. The van der Waals surface area contributed by atoms with Crippen molar-refractivity contribution in [3.63, 3.8) is 0 Å². The highest BCUT2D eigenvalue weighted by molar-refractivity contribution is 5.95. The molecule has 13 heteroatoms. The van der Waals surface area contributed by atoms with Crippen LogP contribution >= 0.6 is 0 Å². The lowest BCUT2D eigenvalue weighted by atomic mass is 9.95. The monoisotopic (exact) mass is 527 g/mol. The van der Waals surface area contributed by atoms with Gasteiger partial charge in [-0.3, -0.25) is 15.5 Å². The quantitative estimate of drug-likeness (QED) is 0.112. The van der Waals surface area contributed by atoms with E-state index in [1.165, 1.54) is 19.4 Å². The van der Waals surface area contributed by atoms with Crippen molar-refractivity contribution in [1.29, 1.82) is 0 Å². The minimum Gasteiger partial charge on any atom is -0.490 e. The summed E-state index contributed by atoms with van der Waals surface area (Å²) in [6.45, 7) is 5.13. The van der Waals surface area contributed by atoms with Crippen LogP contribution in [0.15, 0.2) is 52.8 Å². The molecule has 1 heterocycles. The van der Waals surface area contributed by atoms with Gasteiger partial charge in [0.05, 0.1) is 36.5 Å². The minimum absolute atomic E-state index is 0.0295. The number of hydrazone groups is 1. The van der Waals surface area contributed by atoms with Crippen LogP contribution in [0.5, 0.6) is 11.5 Å². The van der Waals surface area contributed by atoms with E-state index in [4.69, 9.17) is 14.2 Å². The molecule has 0 saturated carbocycles. The number of nitrogens with one attached hydrogen (secondary N) is 3. The molecule has 0 radical (unpaired) electrons. The second-order valence-electron chi connectivity index (χ2n) is 8.22. The third-order valence-corrected chi connectivity index (χ3v) is 5.54. The van der Waals surface area contributed by atoms with Crippen molar-refractivity contribution >= 4 is 23.9 Å². The summed E-state index contributed by atoms with van der Waals surface area (Å²) < 4.78 is 16.3. The summed E-state index contributed by atoms with van der Waals surface area (Å²) in [6.07, 6.45) is 0.138. The van der Waals surface area contributed by atoms with Crippen LogP contribution in [-0.2, 0) is 9.53 Å². The third kappa shape index (κ3) is 6.76. The number of nitro benzene ring substituents is 1. The molecule has 0 bridgehead atoms. The number of amides is 2. The van der Waals surface area contributed by atoms with Crippen molar-refractivity contribution in [1.82, 2.24) is 16.1 Å². The normalized spacial score (nSPS) is 15.9. The molecule has 3 rings (SSSR count). The molecule has 2 atom stereocenters. The first-order chi connectivity index (χ1) is 18.1. The molecular weight excluding hydrogens is 498 g/mol. The van der Waals surface area contributed by atoms with Crippen molar-refractivity contribution in [2.24, 2.45) is 5.10 Å². The van der Waals surface area contributed by atoms with Gasteiger partial charge in [-0.1, -0.05) is 18.2 Å². The van der Waals surface area contributed by atoms with Gasteiger partial charge in [-0.25, -0.2) is 9.59 Å². The van der Waals surface area contributed by atoms with Gasteiger partial charge in [0.2, 0.25) is 0 Å². The van der Waals surface area contributed by atoms with Gasteiger partial charge in [0, 0.05) is 22.9 Å². The number of hydrogen-bond donors (Lipinski definition) is 4. The smallest absolute Gasteiger partial charge is 0.337 e. The first-order valence-corrected chi connectivity index (χ1v) is 11.6. The third-order valence-electron chi connectivity index (χ3n) is 5.54. The minimum atomic E-state index is -1.21. The Kier molecular flexibility index (Phi) is 9.22. The number of urea groups is 1. The summed E-state index contributed by atoms with van der Waals surface area (Å²) in [5, 5.41) is 30.5. The number of esters is 1. The lowest BCUT2D eigenvalue weighted by molar-refractivity contribution is -0.385. The fraction of sp³-hybridized carbons (Fsp3) is 0.320. The summed E-state index contributed by atoms with van der Waals surface area (Å²) in [6, 6.07) is 8.31. The highest BCUT2D eigenvalue weighted by Gasteiger charge is 2.32. The standard InChI is InChI=1S/C25H29N5O8/c1-5-37-20-11-17(23-22(24(32)36-4)15(3)27-25(33)28-23)8-9-19(20)38-13-21(31)29-26-12-16-7-6-14(2)18(10-16)30(34)35/h6-12,21,23,29,31H,5,13H2,1-4H3,(H2,27,28,33)/b26-12-/t21-,23-/m0/s1. The largest absolute Gasteiger partial charge is 0.490 e. The predicted octanol–water partition coefficient (Wildman–Crippen LogP) is 2.42. The molecule has 38 heavy (non-hydrogen) atoms. The molecule has 0 unspecified atom stereocenters. The number of rotatable bonds is 11. The van der Waals surface area contributed by atoms with Crippen LogP contribution in [-0.4, -0.2) is 54.8 Å². The molecule has 0 saturated heterocycles. The fourth-order valence-corrected chi connectivity index (χ4v) is 3.72. The number of nitro groups is 1. The Bertz CT molecular complexity index is 1280. The molecule has 4 N–H and O–H groups in total. The molecule has 0 aliphatic carbocycles. The number of nitrogens with zero attached hydrogens (tertiary/aromatic N) is 2. The van der Waals surface area contributed by atoms with Gasteiger partial charge in [0.15, 0.2) is 17.7 Å². The van der Waals surface area contributed by atoms with Gasteiger partial charge >= 0.3 is 12.0 Å². The number of allylic oxidation sites excluding steroid dienone is 1. The van der Waals surface area contributed by atoms with Gasteiger partial charge in [-0.2, -0.15) is 5.10 Å². The number of carbonyl (C=O) groups is 2. The summed E-state index contributed by atoms with van der Waals surface area (Å²) in [4.78, 5) is 35.0. The van der Waals surface area contributed by atoms with Gasteiger partial charge in [-0.15, -0.1) is 0 Å². The van der Waals surface area contributed by atoms with E-state index >= 15 is 0 Å². The van der Waals surface area contributed by atoms with E-state index in [-0.39, 0.29) is 17.9 Å². The SMILES string of the molecule is CCOc1cc([C@@H]2NC(=O)NC(C)=C2C(=O)OC)ccc1OC[C@H](O)N/N=C\c1ccc(C)c([N+](=O)[O-])c1. The van der Waals surface area contributed by atoms with Gasteiger partial charge in [-0.05, 0) is 38.5 Å². The van der Waals surface area contributed by atoms with Crippen LogP contribution in [0.3, 0.4) is 0 Å². The Morgan fingerprint density at radius 1 is 1.24 bits per heavy atom. The zero-order valence-corrected chi connectivity index (χ0v) is 21.3. The van der Waals surface area contributed by atoms with Crippen molar-refractivity contribution in [3.8, 4) is 11.5 Å². The van der Waals surface area contributed by atoms with Gasteiger partial charge in [0.1, 0.15) is 6.61 Å². The molecule has 2 aromatic rings. The Morgan fingerprint density at radius 2 is 2.00 bits per heavy atom. The average molecular weight is 528 g/mol. The summed E-state index contributed by atoms with van der Waals surface area (Å²) in [5.41, 5.74) is 4.66. The van der Waals surface area contributed by atoms with E-state index in [1.54, 1.807) is 51.1 Å². The zero-order chi connectivity index (χ0) is 27.8. The number of hydrogen-bond acceptors (Lipinski definition) is 10. The molecule has 0 aromatic heterocycles. The Morgan fingerprint density at radius 3 is 2.68 bits per heavy atom. The molecule has 13 nitrogen and oxygen atoms in total. The van der Waals surface area contributed by atoms with Crippen LogP contribution in [0.1, 0.15) is 36.6 Å². The molecule has 2 aromatic carbocycles. The Balaban J connectivity index is 1.70. The van der Waals surface area contributed by atoms with E-state index in [9.17, 15) is 24.8 Å². The summed E-state index contributed by atoms with van der Waals surface area (Å²) >= 11 is 0. The number of methoxy groups -OCH3 is 1. The van der Waals surface area contributed by atoms with Crippen LogP contribution in [0.25, 0.3) is 0 Å². The molecule has 1 aliphatic heterocycles. The summed E-state index contributed by atoms with van der Waals surface area (Å²) in [5.74, 6) is 0.0609. The molecular formula is C25H29N5O8. The molecule has 0 spiro atoms. The average Bonchev–Trinajstić information content (AvgIpc) is 2.88. The van der Waals surface area contributed by atoms with Crippen LogP contribution < -0.4 is 25.5 Å². The van der Waals surface area contributed by atoms with E-state index in [2.05, 4.69) is 21.2 Å². The topological polar surface area (TPSA) is 174 Å². The van der Waals surface area contributed by atoms with Crippen molar-refractivity contribution in [2.45, 2.75) is 33.0 Å². The zero-order valence-electron chi connectivity index (χ0n) is 21.3. The van der Waals surface area contributed by atoms with Crippen molar-refractivity contribution in [2.75, 3.05) is 20.3 Å². The molecule has 202 valence electrons. The molecule has 1 aliphatic rings. The highest BCUT2D eigenvalue weighted by atomic mass is 16.6. The van der Waals surface area contributed by atoms with Crippen molar-refractivity contribution < 1.29 is 33.8 Å². The van der Waals surface area contributed by atoms with E-state index in [0.29, 0.717) is 40.5 Å². The first-order valence-electron chi connectivity index (χ1n) is 11.6. The maximum Gasteiger partial charge on any atom is 0.337 e. The number of ether oxygens (including phenoxy) is 3.